The van der Waals surface area contributed by atoms with Crippen LogP contribution < -0.4 is 5.32 Å². The fourth-order valence-corrected chi connectivity index (χ4v) is 3.75. The van der Waals surface area contributed by atoms with E-state index in [-0.39, 0.29) is 23.8 Å². The first kappa shape index (κ1) is 18.6. The van der Waals surface area contributed by atoms with E-state index in [2.05, 4.69) is 15.5 Å². The highest BCUT2D eigenvalue weighted by Crippen LogP contribution is 2.29. The number of carbonyl (C=O) groups excluding carboxylic acids is 2. The van der Waals surface area contributed by atoms with Crippen molar-refractivity contribution in [1.82, 2.24) is 15.0 Å². The third-order valence-corrected chi connectivity index (χ3v) is 5.27. The molecule has 2 saturated heterocycles. The van der Waals surface area contributed by atoms with Crippen LogP contribution in [-0.4, -0.2) is 52.7 Å². The van der Waals surface area contributed by atoms with E-state index in [9.17, 15) is 9.59 Å². The van der Waals surface area contributed by atoms with Gasteiger partial charge in [-0.1, -0.05) is 5.16 Å². The maximum Gasteiger partial charge on any atom is 0.251 e. The number of hydrogen-bond donors (Lipinski definition) is 1. The minimum absolute atomic E-state index is 0.112. The van der Waals surface area contributed by atoms with Gasteiger partial charge in [-0.2, -0.15) is 4.98 Å². The van der Waals surface area contributed by atoms with Crippen molar-refractivity contribution in [2.45, 2.75) is 44.6 Å². The molecule has 3 heterocycles. The highest BCUT2D eigenvalue weighted by Gasteiger charge is 2.32. The molecular formula is C20H24N4O4. The van der Waals surface area contributed by atoms with E-state index in [4.69, 9.17) is 9.26 Å². The molecule has 0 aliphatic carbocycles. The summed E-state index contributed by atoms with van der Waals surface area (Å²) in [5.74, 6) is 1.31. The average Bonchev–Trinajstić information content (AvgIpc) is 3.40. The topological polar surface area (TPSA) is 97.6 Å². The van der Waals surface area contributed by atoms with E-state index in [0.29, 0.717) is 31.4 Å². The summed E-state index contributed by atoms with van der Waals surface area (Å²) < 4.78 is 11.0. The van der Waals surface area contributed by atoms with Crippen molar-refractivity contribution >= 4 is 17.5 Å². The minimum atomic E-state index is -0.257. The van der Waals surface area contributed by atoms with Crippen molar-refractivity contribution < 1.29 is 18.8 Å². The molecule has 1 aromatic carbocycles. The van der Waals surface area contributed by atoms with E-state index in [1.807, 2.05) is 29.2 Å². The molecule has 0 bridgehead atoms. The van der Waals surface area contributed by atoms with Crippen LogP contribution in [0.3, 0.4) is 0 Å². The third kappa shape index (κ3) is 4.06. The molecule has 1 atom stereocenters. The Labute approximate surface area is 163 Å². The van der Waals surface area contributed by atoms with Crippen LogP contribution in [0.25, 0.3) is 11.4 Å². The van der Waals surface area contributed by atoms with Gasteiger partial charge in [0.2, 0.25) is 17.6 Å². The summed E-state index contributed by atoms with van der Waals surface area (Å²) in [4.78, 5) is 30.0. The first-order chi connectivity index (χ1) is 13.6. The highest BCUT2D eigenvalue weighted by molar-refractivity contribution is 5.88. The van der Waals surface area contributed by atoms with Crippen molar-refractivity contribution in [2.75, 3.05) is 25.0 Å². The molecule has 1 N–H and O–H groups in total. The Bertz CT molecular complexity index is 834. The molecule has 0 saturated carbocycles. The summed E-state index contributed by atoms with van der Waals surface area (Å²) in [6.07, 6.45) is 3.14. The first-order valence-electron chi connectivity index (χ1n) is 9.72. The van der Waals surface area contributed by atoms with Crippen LogP contribution in [0.1, 0.15) is 44.4 Å². The van der Waals surface area contributed by atoms with E-state index in [1.54, 1.807) is 0 Å². The zero-order valence-corrected chi connectivity index (χ0v) is 15.9. The molecule has 8 heteroatoms. The number of piperidine rings is 1. The van der Waals surface area contributed by atoms with Crippen molar-refractivity contribution in [3.8, 4) is 11.4 Å². The van der Waals surface area contributed by atoms with Gasteiger partial charge in [0, 0.05) is 43.8 Å². The van der Waals surface area contributed by atoms with E-state index in [1.165, 1.54) is 6.92 Å². The summed E-state index contributed by atoms with van der Waals surface area (Å²) in [6.45, 7) is 3.53. The van der Waals surface area contributed by atoms with Gasteiger partial charge >= 0.3 is 0 Å². The number of hydrogen-bond acceptors (Lipinski definition) is 6. The molecule has 2 aromatic rings. The summed E-state index contributed by atoms with van der Waals surface area (Å²) >= 11 is 0. The van der Waals surface area contributed by atoms with Crippen molar-refractivity contribution in [1.29, 1.82) is 0 Å². The van der Waals surface area contributed by atoms with Gasteiger partial charge < -0.3 is 19.5 Å². The van der Waals surface area contributed by atoms with Crippen molar-refractivity contribution in [3.05, 3.63) is 30.2 Å². The Kier molecular flexibility index (Phi) is 5.38. The van der Waals surface area contributed by atoms with E-state index < -0.39 is 0 Å². The predicted molar refractivity (Wildman–Crippen MR) is 102 cm³/mol. The first-order valence-corrected chi connectivity index (χ1v) is 9.72. The Morgan fingerprint density at radius 2 is 1.89 bits per heavy atom. The minimum Gasteiger partial charge on any atom is -0.368 e. The van der Waals surface area contributed by atoms with Gasteiger partial charge in [0.15, 0.2) is 0 Å². The van der Waals surface area contributed by atoms with Crippen LogP contribution in [0.5, 0.6) is 0 Å². The summed E-state index contributed by atoms with van der Waals surface area (Å²) in [5.41, 5.74) is 1.55. The third-order valence-electron chi connectivity index (χ3n) is 5.27. The molecule has 2 amide bonds. The Morgan fingerprint density at radius 3 is 2.54 bits per heavy atom. The maximum atomic E-state index is 12.5. The molecule has 4 rings (SSSR count). The molecular weight excluding hydrogens is 360 g/mol. The van der Waals surface area contributed by atoms with E-state index >= 15 is 0 Å². The highest BCUT2D eigenvalue weighted by atomic mass is 16.5. The number of carbonyl (C=O) groups is 2. The molecule has 0 radical (unpaired) electrons. The van der Waals surface area contributed by atoms with Gasteiger partial charge in [-0.25, -0.2) is 0 Å². The number of benzene rings is 1. The average molecular weight is 384 g/mol. The summed E-state index contributed by atoms with van der Waals surface area (Å²) in [7, 11) is 0. The Morgan fingerprint density at radius 1 is 1.14 bits per heavy atom. The molecule has 148 valence electrons. The quantitative estimate of drug-likeness (QED) is 0.870. The fourth-order valence-electron chi connectivity index (χ4n) is 3.75. The molecule has 0 unspecified atom stereocenters. The Hall–Kier alpha value is -2.74. The van der Waals surface area contributed by atoms with Crippen LogP contribution in [-0.2, 0) is 14.3 Å². The second-order valence-electron chi connectivity index (χ2n) is 7.32. The number of likely N-dealkylation sites (tertiary alicyclic amines) is 1. The number of nitrogens with one attached hydrogen (secondary N) is 1. The van der Waals surface area contributed by atoms with Gasteiger partial charge in [0.25, 0.3) is 5.91 Å². The SMILES string of the molecule is CC(=O)Nc1ccc(-c2noc(C3CCN(C(=O)[C@@H]4CCCO4)CC3)n2)cc1. The normalized spacial score (nSPS) is 20.3. The van der Waals surface area contributed by atoms with Gasteiger partial charge in [0.1, 0.15) is 6.10 Å². The van der Waals surface area contributed by atoms with Crippen molar-refractivity contribution in [3.63, 3.8) is 0 Å². The second-order valence-corrected chi connectivity index (χ2v) is 7.32. The smallest absolute Gasteiger partial charge is 0.251 e. The lowest BCUT2D eigenvalue weighted by Crippen LogP contribution is -2.43. The zero-order valence-electron chi connectivity index (χ0n) is 15.9. The van der Waals surface area contributed by atoms with Gasteiger partial charge in [-0.3, -0.25) is 9.59 Å². The lowest BCUT2D eigenvalue weighted by molar-refractivity contribution is -0.142. The van der Waals surface area contributed by atoms with Crippen LogP contribution >= 0.6 is 0 Å². The van der Waals surface area contributed by atoms with Crippen LogP contribution in [0, 0.1) is 0 Å². The van der Waals surface area contributed by atoms with Crippen LogP contribution in [0.2, 0.25) is 0 Å². The second kappa shape index (κ2) is 8.10. The number of rotatable bonds is 4. The lowest BCUT2D eigenvalue weighted by Gasteiger charge is -2.31. The molecule has 8 nitrogen and oxygen atoms in total. The zero-order chi connectivity index (χ0) is 19.5. The summed E-state index contributed by atoms with van der Waals surface area (Å²) in [5, 5.41) is 6.82. The number of amides is 2. The van der Waals surface area contributed by atoms with Crippen LogP contribution in [0.15, 0.2) is 28.8 Å². The van der Waals surface area contributed by atoms with Gasteiger partial charge in [0.05, 0.1) is 0 Å². The largest absolute Gasteiger partial charge is 0.368 e. The molecule has 2 fully saturated rings. The monoisotopic (exact) mass is 384 g/mol. The summed E-state index contributed by atoms with van der Waals surface area (Å²) in [6, 6.07) is 7.31. The maximum absolute atomic E-state index is 12.5. The van der Waals surface area contributed by atoms with Gasteiger partial charge in [-0.15, -0.1) is 0 Å². The van der Waals surface area contributed by atoms with Crippen molar-refractivity contribution in [2.24, 2.45) is 0 Å². The fraction of sp³-hybridized carbons (Fsp3) is 0.500. The lowest BCUT2D eigenvalue weighted by atomic mass is 9.96. The predicted octanol–water partition coefficient (Wildman–Crippen LogP) is 2.58. The molecule has 2 aliphatic rings. The number of anilines is 1. The van der Waals surface area contributed by atoms with Crippen LogP contribution in [0.4, 0.5) is 5.69 Å². The number of aromatic nitrogens is 2. The standard InChI is InChI=1S/C20H24N4O4/c1-13(25)21-16-6-4-14(5-7-16)18-22-19(28-23-18)15-8-10-24(11-9-15)20(26)17-3-2-12-27-17/h4-7,15,17H,2-3,8-12H2,1H3,(H,21,25)/t17-/m0/s1. The Balaban J connectivity index is 1.36. The number of nitrogens with zero attached hydrogens (tertiary/aromatic N) is 3. The van der Waals surface area contributed by atoms with E-state index in [0.717, 1.165) is 36.9 Å². The molecule has 28 heavy (non-hydrogen) atoms. The molecule has 0 spiro atoms. The number of ether oxygens (including phenoxy) is 1. The van der Waals surface area contributed by atoms with Gasteiger partial charge in [-0.05, 0) is 49.9 Å². The molecule has 2 aliphatic heterocycles. The molecule has 1 aromatic heterocycles.